The van der Waals surface area contributed by atoms with E-state index >= 15 is 0 Å². The van der Waals surface area contributed by atoms with Crippen molar-refractivity contribution in [2.75, 3.05) is 0 Å². The van der Waals surface area contributed by atoms with Crippen molar-refractivity contribution in [3.05, 3.63) is 35.4 Å². The van der Waals surface area contributed by atoms with Crippen molar-refractivity contribution in [1.29, 1.82) is 0 Å². The Morgan fingerprint density at radius 2 is 2.00 bits per heavy atom. The highest BCUT2D eigenvalue weighted by Gasteiger charge is 2.04. The third-order valence-corrected chi connectivity index (χ3v) is 1.62. The summed E-state index contributed by atoms with van der Waals surface area (Å²) in [6.07, 6.45) is 0. The monoisotopic (exact) mass is 190 g/mol. The zero-order valence-corrected chi connectivity index (χ0v) is 7.05. The van der Waals surface area contributed by atoms with Crippen molar-refractivity contribution in [2.45, 2.75) is 0 Å². The molecule has 0 aliphatic carbocycles. The Hall–Kier alpha value is -0.480. The molecule has 0 nitrogen and oxygen atoms in total. The van der Waals surface area contributed by atoms with Crippen molar-refractivity contribution < 1.29 is 8.78 Å². The van der Waals surface area contributed by atoms with Crippen LogP contribution in [0.4, 0.5) is 8.78 Å². The summed E-state index contributed by atoms with van der Waals surface area (Å²) in [4.78, 5) is 0. The Kier molecular flexibility index (Phi) is 2.57. The third-order valence-electron chi connectivity index (χ3n) is 1.16. The van der Waals surface area contributed by atoms with E-state index in [0.29, 0.717) is 0 Å². The molecule has 1 rings (SSSR count). The minimum Gasteiger partial charge on any atom is -0.207 e. The van der Waals surface area contributed by atoms with Crippen LogP contribution in [0.5, 0.6) is 0 Å². The lowest BCUT2D eigenvalue weighted by Gasteiger charge is -1.98. The predicted molar refractivity (Wildman–Crippen MR) is 47.0 cm³/mol. The predicted octanol–water partition coefficient (Wildman–Crippen LogP) is 2.57. The van der Waals surface area contributed by atoms with E-state index in [1.165, 1.54) is 0 Å². The Labute approximate surface area is 73.6 Å². The van der Waals surface area contributed by atoms with Gasteiger partial charge in [0.15, 0.2) is 0 Å². The first kappa shape index (κ1) is 8.62. The largest absolute Gasteiger partial charge is 0.207 e. The fourth-order valence-corrected chi connectivity index (χ4v) is 0.989. The van der Waals surface area contributed by atoms with Crippen LogP contribution in [0, 0.1) is 11.6 Å². The molecule has 0 spiro atoms. The molecule has 0 fully saturated rings. The van der Waals surface area contributed by atoms with Crippen LogP contribution in [0.3, 0.4) is 0 Å². The van der Waals surface area contributed by atoms with Crippen LogP contribution in [-0.4, -0.2) is 4.20 Å². The number of thiocarbonyl (C=S) groups is 1. The molecule has 11 heavy (non-hydrogen) atoms. The molecule has 0 aliphatic rings. The number of thiol groups is 1. The lowest BCUT2D eigenvalue weighted by molar-refractivity contribution is 0.599. The van der Waals surface area contributed by atoms with E-state index in [-0.39, 0.29) is 9.76 Å². The molecule has 0 aliphatic heterocycles. The van der Waals surface area contributed by atoms with E-state index in [1.807, 2.05) is 0 Å². The van der Waals surface area contributed by atoms with Crippen molar-refractivity contribution in [1.82, 2.24) is 0 Å². The Morgan fingerprint density at radius 3 is 2.45 bits per heavy atom. The topological polar surface area (TPSA) is 0 Å². The molecule has 0 amide bonds. The van der Waals surface area contributed by atoms with Crippen LogP contribution in [0.25, 0.3) is 0 Å². The first-order valence-electron chi connectivity index (χ1n) is 2.79. The van der Waals surface area contributed by atoms with Gasteiger partial charge in [0.2, 0.25) is 0 Å². The quantitative estimate of drug-likeness (QED) is 0.524. The molecule has 0 radical (unpaired) electrons. The molecule has 4 heteroatoms. The fourth-order valence-electron chi connectivity index (χ4n) is 0.661. The van der Waals surface area contributed by atoms with Gasteiger partial charge in [-0.05, 0) is 18.2 Å². The van der Waals surface area contributed by atoms with Crippen molar-refractivity contribution in [2.24, 2.45) is 0 Å². The van der Waals surface area contributed by atoms with Crippen LogP contribution in [0.2, 0.25) is 0 Å². The molecule has 0 N–H and O–H groups in total. The molecule has 0 saturated carbocycles. The summed E-state index contributed by atoms with van der Waals surface area (Å²) >= 11 is 8.30. The Balaban J connectivity index is 3.23. The van der Waals surface area contributed by atoms with Crippen LogP contribution < -0.4 is 0 Å². The molecular weight excluding hydrogens is 186 g/mol. The first-order valence-corrected chi connectivity index (χ1v) is 3.65. The van der Waals surface area contributed by atoms with Gasteiger partial charge in [-0.25, -0.2) is 8.78 Å². The smallest absolute Gasteiger partial charge is 0.132 e. The van der Waals surface area contributed by atoms with Gasteiger partial charge in [0, 0.05) is 5.56 Å². The molecular formula is C7H4F2S2. The van der Waals surface area contributed by atoms with Gasteiger partial charge in [-0.1, -0.05) is 12.2 Å². The van der Waals surface area contributed by atoms with Gasteiger partial charge < -0.3 is 0 Å². The normalized spacial score (nSPS) is 9.73. The zero-order valence-electron chi connectivity index (χ0n) is 5.34. The number of rotatable bonds is 1. The molecule has 0 bridgehead atoms. The molecule has 0 atom stereocenters. The summed E-state index contributed by atoms with van der Waals surface area (Å²) in [5.41, 5.74) is 0.0309. The molecule has 1 aromatic rings. The number of hydrogen-bond acceptors (Lipinski definition) is 1. The van der Waals surface area contributed by atoms with E-state index in [1.54, 1.807) is 0 Å². The van der Waals surface area contributed by atoms with E-state index in [4.69, 9.17) is 0 Å². The standard InChI is InChI=1S/C7H4F2S2/c8-4-1-2-6(9)5(3-4)7(10)11/h1-3H,(H,10,11). The Morgan fingerprint density at radius 1 is 1.36 bits per heavy atom. The molecule has 58 valence electrons. The van der Waals surface area contributed by atoms with Gasteiger partial charge >= 0.3 is 0 Å². The number of halogens is 2. The summed E-state index contributed by atoms with van der Waals surface area (Å²) in [5, 5.41) is 0. The third kappa shape index (κ3) is 1.97. The maximum absolute atomic E-state index is 12.7. The lowest BCUT2D eigenvalue weighted by Crippen LogP contribution is -1.93. The summed E-state index contributed by atoms with van der Waals surface area (Å²) in [6.45, 7) is 0. The van der Waals surface area contributed by atoms with E-state index in [9.17, 15) is 8.78 Å². The van der Waals surface area contributed by atoms with E-state index in [2.05, 4.69) is 24.8 Å². The molecule has 1 aromatic carbocycles. The maximum Gasteiger partial charge on any atom is 0.132 e. The van der Waals surface area contributed by atoms with Crippen molar-refractivity contribution >= 4 is 29.0 Å². The van der Waals surface area contributed by atoms with Gasteiger partial charge in [0.1, 0.15) is 11.6 Å². The van der Waals surface area contributed by atoms with Crippen LogP contribution in [0.15, 0.2) is 18.2 Å². The second kappa shape index (κ2) is 3.28. The minimum atomic E-state index is -0.550. The Bertz CT molecular complexity index is 296. The second-order valence-electron chi connectivity index (χ2n) is 1.93. The number of benzene rings is 1. The first-order chi connectivity index (χ1) is 5.11. The molecule has 0 unspecified atom stereocenters. The number of hydrogen-bond donors (Lipinski definition) is 1. The fraction of sp³-hybridized carbons (Fsp3) is 0. The molecule has 0 heterocycles. The molecule has 0 saturated heterocycles. The van der Waals surface area contributed by atoms with Gasteiger partial charge in [0.05, 0.1) is 4.20 Å². The summed E-state index contributed by atoms with van der Waals surface area (Å²) in [6, 6.07) is 3.07. The highest BCUT2D eigenvalue weighted by atomic mass is 32.1. The zero-order chi connectivity index (χ0) is 8.43. The summed E-state index contributed by atoms with van der Waals surface area (Å²) < 4.78 is 25.2. The average molecular weight is 190 g/mol. The van der Waals surface area contributed by atoms with E-state index in [0.717, 1.165) is 18.2 Å². The molecule has 0 aromatic heterocycles. The highest BCUT2D eigenvalue weighted by Crippen LogP contribution is 2.12. The summed E-state index contributed by atoms with van der Waals surface area (Å²) in [5.74, 6) is -1.07. The van der Waals surface area contributed by atoms with Gasteiger partial charge in [0.25, 0.3) is 0 Å². The van der Waals surface area contributed by atoms with Gasteiger partial charge in [-0.2, -0.15) is 0 Å². The maximum atomic E-state index is 12.7. The SMILES string of the molecule is Fc1ccc(F)c(C(=S)S)c1. The van der Waals surface area contributed by atoms with Crippen molar-refractivity contribution in [3.8, 4) is 0 Å². The summed E-state index contributed by atoms with van der Waals surface area (Å²) in [7, 11) is 0. The van der Waals surface area contributed by atoms with Crippen LogP contribution in [-0.2, 0) is 0 Å². The van der Waals surface area contributed by atoms with Gasteiger partial charge in [-0.3, -0.25) is 0 Å². The van der Waals surface area contributed by atoms with Crippen LogP contribution >= 0.6 is 24.8 Å². The minimum absolute atomic E-state index is 0.0309. The highest BCUT2D eigenvalue weighted by molar-refractivity contribution is 8.11. The van der Waals surface area contributed by atoms with Crippen LogP contribution in [0.1, 0.15) is 5.56 Å². The second-order valence-corrected chi connectivity index (χ2v) is 3.09. The van der Waals surface area contributed by atoms with Crippen molar-refractivity contribution in [3.63, 3.8) is 0 Å². The lowest BCUT2D eigenvalue weighted by atomic mass is 10.2. The van der Waals surface area contributed by atoms with Gasteiger partial charge in [-0.15, -0.1) is 12.6 Å². The average Bonchev–Trinajstić information content (AvgIpc) is 1.94. The van der Waals surface area contributed by atoms with E-state index < -0.39 is 11.6 Å².